The number of anilines is 1. The summed E-state index contributed by atoms with van der Waals surface area (Å²) in [7, 11) is 0. The molecule has 2 N–H and O–H groups in total. The molecule has 0 aliphatic heterocycles. The van der Waals surface area contributed by atoms with E-state index in [9.17, 15) is 13.6 Å². The van der Waals surface area contributed by atoms with Crippen molar-refractivity contribution in [2.75, 3.05) is 5.32 Å². The van der Waals surface area contributed by atoms with Crippen molar-refractivity contribution >= 4 is 28.2 Å². The van der Waals surface area contributed by atoms with Gasteiger partial charge in [-0.3, -0.25) is 4.79 Å². The van der Waals surface area contributed by atoms with Gasteiger partial charge in [-0.05, 0) is 121 Å². The minimum Gasteiger partial charge on any atom is -0.346 e. The van der Waals surface area contributed by atoms with Crippen molar-refractivity contribution in [2.24, 2.45) is 11.8 Å². The largest absolute Gasteiger partial charge is 0.346 e. The first-order chi connectivity index (χ1) is 20.1. The van der Waals surface area contributed by atoms with Gasteiger partial charge in [-0.15, -0.1) is 0 Å². The second kappa shape index (κ2) is 11.5. The molecule has 0 spiro atoms. The lowest BCUT2D eigenvalue weighted by Crippen LogP contribution is -2.19. The third-order valence-electron chi connectivity index (χ3n) is 9.20. The van der Waals surface area contributed by atoms with E-state index in [4.69, 9.17) is 0 Å². The number of aryl methyl sites for hydroxylation is 2. The van der Waals surface area contributed by atoms with Crippen LogP contribution in [-0.4, -0.2) is 15.9 Å². The van der Waals surface area contributed by atoms with Gasteiger partial charge in [-0.25, -0.2) is 13.8 Å². The number of allylic oxidation sites excluding steroid dienone is 2. The van der Waals surface area contributed by atoms with Gasteiger partial charge in [-0.1, -0.05) is 38.0 Å². The molecule has 0 atom stereocenters. The lowest BCUT2D eigenvalue weighted by atomic mass is 9.79. The predicted octanol–water partition coefficient (Wildman–Crippen LogP) is 9.18. The topological polar surface area (TPSA) is 57.8 Å². The zero-order valence-electron chi connectivity index (χ0n) is 24.7. The predicted molar refractivity (Wildman–Crippen MR) is 166 cm³/mol. The molecule has 0 unspecified atom stereocenters. The van der Waals surface area contributed by atoms with Crippen molar-refractivity contribution in [3.63, 3.8) is 0 Å². The molecule has 2 aromatic heterocycles. The van der Waals surface area contributed by atoms with Gasteiger partial charge >= 0.3 is 0 Å². The van der Waals surface area contributed by atoms with Crippen LogP contribution in [0.4, 0.5) is 14.5 Å². The molecule has 1 fully saturated rings. The van der Waals surface area contributed by atoms with Crippen LogP contribution in [0, 0.1) is 18.8 Å². The Morgan fingerprint density at radius 2 is 1.90 bits per heavy atom. The quantitative estimate of drug-likeness (QED) is 0.234. The van der Waals surface area contributed by atoms with Crippen molar-refractivity contribution in [2.45, 2.75) is 78.1 Å². The summed E-state index contributed by atoms with van der Waals surface area (Å²) in [5.74, 6) is -2.13. The molecular formula is C36H39F2N3O. The molecule has 6 rings (SSSR count). The highest BCUT2D eigenvalue weighted by molar-refractivity contribution is 6.05. The first-order valence-electron chi connectivity index (χ1n) is 15.2. The molecule has 2 aromatic carbocycles. The molecule has 218 valence electrons. The first kappa shape index (κ1) is 28.3. The van der Waals surface area contributed by atoms with Gasteiger partial charge in [0.2, 0.25) is 0 Å². The molecule has 0 bridgehead atoms. The number of H-pyrrole nitrogens is 1. The van der Waals surface area contributed by atoms with Crippen molar-refractivity contribution in [3.05, 3.63) is 99.9 Å². The summed E-state index contributed by atoms with van der Waals surface area (Å²) in [5.41, 5.74) is 8.23. The zero-order valence-corrected chi connectivity index (χ0v) is 24.7. The Balaban J connectivity index is 1.21. The Morgan fingerprint density at radius 3 is 2.69 bits per heavy atom. The van der Waals surface area contributed by atoms with Gasteiger partial charge in [0, 0.05) is 41.5 Å². The maximum atomic E-state index is 14.7. The number of halogens is 2. The third kappa shape index (κ3) is 6.04. The van der Waals surface area contributed by atoms with Crippen molar-refractivity contribution in [3.8, 4) is 0 Å². The summed E-state index contributed by atoms with van der Waals surface area (Å²) in [4.78, 5) is 21.2. The fourth-order valence-corrected chi connectivity index (χ4v) is 6.70. The number of nitrogens with one attached hydrogen (secondary N) is 2. The van der Waals surface area contributed by atoms with Crippen LogP contribution in [0.3, 0.4) is 0 Å². The normalized spacial score (nSPS) is 18.9. The molecular weight excluding hydrogens is 528 g/mol. The lowest BCUT2D eigenvalue weighted by Gasteiger charge is -2.27. The van der Waals surface area contributed by atoms with Crippen LogP contribution in [0.2, 0.25) is 0 Å². The number of carbonyl (C=O) groups excluding carboxylic acids is 1. The summed E-state index contributed by atoms with van der Waals surface area (Å²) < 4.78 is 29.5. The molecule has 1 saturated carbocycles. The van der Waals surface area contributed by atoms with Crippen molar-refractivity contribution < 1.29 is 13.6 Å². The maximum absolute atomic E-state index is 14.7. The molecule has 2 heterocycles. The standard InChI is InChI=1S/C36H39F2N3O/c1-22-7-9-24(10-8-22)15-28-13-14-30(19-33(28)36(3,37)38)41-35(42)29-12-11-26-5-4-6-27(32(26)18-29)16-25-17-31-23(2)20-39-34(31)40-21-25/h6,11-14,17-22,24H,4-5,7-10,15-16H2,1-3H3,(H,39,40)(H,41,42). The number of pyridine rings is 1. The number of amides is 1. The van der Waals surface area contributed by atoms with Gasteiger partial charge in [0.15, 0.2) is 0 Å². The van der Waals surface area contributed by atoms with E-state index in [-0.39, 0.29) is 11.5 Å². The average Bonchev–Trinajstić information content (AvgIpc) is 3.34. The summed E-state index contributed by atoms with van der Waals surface area (Å²) >= 11 is 0. The summed E-state index contributed by atoms with van der Waals surface area (Å²) in [6.45, 7) is 5.28. The summed E-state index contributed by atoms with van der Waals surface area (Å²) in [6, 6.07) is 13.0. The highest BCUT2D eigenvalue weighted by atomic mass is 19.3. The highest BCUT2D eigenvalue weighted by Gasteiger charge is 2.30. The molecule has 42 heavy (non-hydrogen) atoms. The monoisotopic (exact) mass is 567 g/mol. The van der Waals surface area contributed by atoms with Crippen LogP contribution in [-0.2, 0) is 25.2 Å². The van der Waals surface area contributed by atoms with Crippen LogP contribution in [0.15, 0.2) is 60.9 Å². The molecule has 4 aromatic rings. The number of hydrogen-bond donors (Lipinski definition) is 2. The Morgan fingerprint density at radius 1 is 1.10 bits per heavy atom. The molecule has 1 amide bonds. The van der Waals surface area contributed by atoms with Crippen LogP contribution in [0.5, 0.6) is 0 Å². The third-order valence-corrected chi connectivity index (χ3v) is 9.20. The van der Waals surface area contributed by atoms with Crippen LogP contribution in [0.1, 0.15) is 89.7 Å². The summed E-state index contributed by atoms with van der Waals surface area (Å²) in [5, 5.41) is 4.02. The van der Waals surface area contributed by atoms with Crippen LogP contribution < -0.4 is 5.32 Å². The second-order valence-electron chi connectivity index (χ2n) is 12.6. The van der Waals surface area contributed by atoms with E-state index in [0.29, 0.717) is 29.2 Å². The van der Waals surface area contributed by atoms with Crippen molar-refractivity contribution in [1.82, 2.24) is 9.97 Å². The SMILES string of the molecule is Cc1c[nH]c2ncc(CC3=CCCc4ccc(C(=O)Nc5ccc(CC6CCC(C)CC6)c(C(C)(F)F)c5)cc43)cc12. The number of hydrogen-bond acceptors (Lipinski definition) is 2. The van der Waals surface area contributed by atoms with E-state index in [1.807, 2.05) is 30.6 Å². The van der Waals surface area contributed by atoms with Gasteiger partial charge in [0.05, 0.1) is 0 Å². The van der Waals surface area contributed by atoms with Crippen LogP contribution in [0.25, 0.3) is 16.6 Å². The van der Waals surface area contributed by atoms with E-state index in [1.165, 1.54) is 17.2 Å². The van der Waals surface area contributed by atoms with E-state index < -0.39 is 5.92 Å². The number of aromatic nitrogens is 2. The number of carbonyl (C=O) groups is 1. The Kier molecular flexibility index (Phi) is 7.73. The van der Waals surface area contributed by atoms with Gasteiger partial charge < -0.3 is 10.3 Å². The Bertz CT molecular complexity index is 1650. The van der Waals surface area contributed by atoms with Gasteiger partial charge in [0.1, 0.15) is 5.65 Å². The molecule has 4 nitrogen and oxygen atoms in total. The van der Waals surface area contributed by atoms with Gasteiger partial charge in [-0.2, -0.15) is 0 Å². The Hall–Kier alpha value is -3.80. The second-order valence-corrected chi connectivity index (χ2v) is 12.6. The Labute approximate surface area is 246 Å². The van der Waals surface area contributed by atoms with E-state index in [2.05, 4.69) is 41.3 Å². The molecule has 0 saturated heterocycles. The molecule has 2 aliphatic rings. The number of fused-ring (bicyclic) bond motifs is 2. The zero-order chi connectivity index (χ0) is 29.4. The van der Waals surface area contributed by atoms with E-state index in [0.717, 1.165) is 85.5 Å². The molecule has 2 aliphatic carbocycles. The smallest absolute Gasteiger partial charge is 0.270 e. The lowest BCUT2D eigenvalue weighted by molar-refractivity contribution is 0.0163. The number of benzene rings is 2. The molecule has 6 heteroatoms. The van der Waals surface area contributed by atoms with E-state index in [1.54, 1.807) is 12.1 Å². The maximum Gasteiger partial charge on any atom is 0.270 e. The van der Waals surface area contributed by atoms with Gasteiger partial charge in [0.25, 0.3) is 11.8 Å². The highest BCUT2D eigenvalue weighted by Crippen LogP contribution is 2.37. The van der Waals surface area contributed by atoms with E-state index >= 15 is 0 Å². The number of nitrogens with zero attached hydrogens (tertiary/aromatic N) is 1. The minimum atomic E-state index is -2.99. The number of alkyl halides is 2. The summed E-state index contributed by atoms with van der Waals surface area (Å²) in [6.07, 6.45) is 13.9. The fourth-order valence-electron chi connectivity index (χ4n) is 6.70. The number of aromatic amines is 1. The minimum absolute atomic E-state index is 0.0119. The first-order valence-corrected chi connectivity index (χ1v) is 15.2. The molecule has 0 radical (unpaired) electrons. The average molecular weight is 568 g/mol. The fraction of sp³-hybridized carbons (Fsp3) is 0.389. The van der Waals surface area contributed by atoms with Crippen LogP contribution >= 0.6 is 0 Å². The number of rotatable bonds is 7. The van der Waals surface area contributed by atoms with Crippen molar-refractivity contribution in [1.29, 1.82) is 0 Å².